The van der Waals surface area contributed by atoms with Crippen LogP contribution in [-0.2, 0) is 17.9 Å². The van der Waals surface area contributed by atoms with Gasteiger partial charge in [0.25, 0.3) is 0 Å². The number of nitrogens with zero attached hydrogens (tertiary/aromatic N) is 3. The van der Waals surface area contributed by atoms with E-state index in [9.17, 15) is 4.79 Å². The Bertz CT molecular complexity index is 429. The topological polar surface area (TPSA) is 58.4 Å². The highest BCUT2D eigenvalue weighted by molar-refractivity contribution is 6.31. The molecule has 0 saturated heterocycles. The Kier molecular flexibility index (Phi) is 5.16. The van der Waals surface area contributed by atoms with Crippen LogP contribution in [0.4, 0.5) is 0 Å². The van der Waals surface area contributed by atoms with Gasteiger partial charge < -0.3 is 5.11 Å². The lowest BCUT2D eigenvalue weighted by atomic mass is 10.2. The quantitative estimate of drug-likeness (QED) is 0.863. The second-order valence-electron chi connectivity index (χ2n) is 4.55. The molecule has 1 aromatic heterocycles. The summed E-state index contributed by atoms with van der Waals surface area (Å²) in [5.41, 5.74) is 1.67. The van der Waals surface area contributed by atoms with E-state index in [2.05, 4.69) is 5.10 Å². The Morgan fingerprint density at radius 3 is 2.61 bits per heavy atom. The summed E-state index contributed by atoms with van der Waals surface area (Å²) in [5, 5.41) is 13.9. The second kappa shape index (κ2) is 6.20. The van der Waals surface area contributed by atoms with E-state index in [1.807, 2.05) is 37.3 Å². The number of carbonyl (C=O) groups is 1. The Balaban J connectivity index is 2.96. The molecule has 6 heteroatoms. The minimum atomic E-state index is -0.834. The van der Waals surface area contributed by atoms with E-state index in [0.717, 1.165) is 17.9 Å². The summed E-state index contributed by atoms with van der Waals surface area (Å²) in [7, 11) is 0. The lowest BCUT2D eigenvalue weighted by Crippen LogP contribution is -2.35. The number of carboxylic acids is 1. The van der Waals surface area contributed by atoms with Crippen LogP contribution in [0.3, 0.4) is 0 Å². The van der Waals surface area contributed by atoms with Gasteiger partial charge in [0.15, 0.2) is 0 Å². The summed E-state index contributed by atoms with van der Waals surface area (Å²) in [4.78, 5) is 12.7. The first-order valence-corrected chi connectivity index (χ1v) is 6.42. The van der Waals surface area contributed by atoms with Crippen molar-refractivity contribution in [1.82, 2.24) is 14.7 Å². The lowest BCUT2D eigenvalue weighted by molar-refractivity contribution is -0.139. The molecular weight excluding hydrogens is 254 g/mol. The third kappa shape index (κ3) is 3.46. The lowest BCUT2D eigenvalue weighted by Gasteiger charge is -2.24. The molecule has 1 N–H and O–H groups in total. The third-order valence-corrected chi connectivity index (χ3v) is 3.37. The zero-order chi connectivity index (χ0) is 13.9. The maximum atomic E-state index is 10.9. The molecule has 0 atom stereocenters. The van der Waals surface area contributed by atoms with Gasteiger partial charge >= 0.3 is 5.97 Å². The van der Waals surface area contributed by atoms with Gasteiger partial charge in [-0.2, -0.15) is 5.10 Å². The fourth-order valence-corrected chi connectivity index (χ4v) is 2.00. The molecule has 1 aromatic rings. The van der Waals surface area contributed by atoms with E-state index >= 15 is 0 Å². The van der Waals surface area contributed by atoms with Crippen LogP contribution in [0.25, 0.3) is 0 Å². The largest absolute Gasteiger partial charge is 0.480 e. The predicted octanol–water partition coefficient (Wildman–Crippen LogP) is 2.16. The molecule has 18 heavy (non-hydrogen) atoms. The number of aliphatic carboxylic acids is 1. The highest BCUT2D eigenvalue weighted by Gasteiger charge is 2.19. The molecule has 0 spiro atoms. The average Bonchev–Trinajstić information content (AvgIpc) is 2.55. The van der Waals surface area contributed by atoms with Gasteiger partial charge in [-0.1, -0.05) is 11.6 Å². The van der Waals surface area contributed by atoms with Crippen molar-refractivity contribution in [3.05, 3.63) is 16.4 Å². The summed E-state index contributed by atoms with van der Waals surface area (Å²) in [6, 6.07) is 0.137. The summed E-state index contributed by atoms with van der Waals surface area (Å²) in [5.74, 6) is -0.834. The van der Waals surface area contributed by atoms with E-state index in [0.29, 0.717) is 11.6 Å². The Morgan fingerprint density at radius 2 is 2.17 bits per heavy atom. The highest BCUT2D eigenvalue weighted by Crippen LogP contribution is 2.22. The van der Waals surface area contributed by atoms with Crippen LogP contribution in [0.15, 0.2) is 0 Å². The van der Waals surface area contributed by atoms with Gasteiger partial charge in [-0.25, -0.2) is 0 Å². The molecule has 0 amide bonds. The average molecular weight is 274 g/mol. The molecule has 0 radical (unpaired) electrons. The summed E-state index contributed by atoms with van der Waals surface area (Å²) < 4.78 is 1.83. The molecule has 102 valence electrons. The van der Waals surface area contributed by atoms with Crippen molar-refractivity contribution in [3.63, 3.8) is 0 Å². The van der Waals surface area contributed by atoms with Crippen LogP contribution < -0.4 is 0 Å². The van der Waals surface area contributed by atoms with Gasteiger partial charge in [-0.3, -0.25) is 14.4 Å². The third-order valence-electron chi connectivity index (χ3n) is 2.87. The zero-order valence-corrected chi connectivity index (χ0v) is 12.0. The molecule has 0 unspecified atom stereocenters. The van der Waals surface area contributed by atoms with Gasteiger partial charge in [0.2, 0.25) is 0 Å². The van der Waals surface area contributed by atoms with Gasteiger partial charge in [-0.15, -0.1) is 0 Å². The van der Waals surface area contributed by atoms with Crippen molar-refractivity contribution in [2.45, 2.75) is 46.8 Å². The number of aryl methyl sites for hydroxylation is 2. The maximum absolute atomic E-state index is 10.9. The van der Waals surface area contributed by atoms with Crippen LogP contribution in [0, 0.1) is 6.92 Å². The Labute approximate surface area is 112 Å². The fraction of sp³-hybridized carbons (Fsp3) is 0.667. The summed E-state index contributed by atoms with van der Waals surface area (Å²) >= 11 is 6.22. The van der Waals surface area contributed by atoms with E-state index in [1.54, 1.807) is 0 Å². The maximum Gasteiger partial charge on any atom is 0.317 e. The van der Waals surface area contributed by atoms with Gasteiger partial charge in [0.1, 0.15) is 0 Å². The van der Waals surface area contributed by atoms with E-state index in [4.69, 9.17) is 16.7 Å². The van der Waals surface area contributed by atoms with Gasteiger partial charge in [-0.05, 0) is 27.7 Å². The van der Waals surface area contributed by atoms with E-state index < -0.39 is 5.97 Å². The first kappa shape index (κ1) is 15.0. The number of hydrogen-bond donors (Lipinski definition) is 1. The first-order valence-electron chi connectivity index (χ1n) is 6.04. The van der Waals surface area contributed by atoms with Crippen molar-refractivity contribution in [2.75, 3.05) is 6.54 Å². The molecule has 5 nitrogen and oxygen atoms in total. The Hall–Kier alpha value is -1.07. The molecule has 0 bridgehead atoms. The van der Waals surface area contributed by atoms with Crippen LogP contribution in [0.2, 0.25) is 5.02 Å². The van der Waals surface area contributed by atoms with Gasteiger partial charge in [0, 0.05) is 19.1 Å². The predicted molar refractivity (Wildman–Crippen MR) is 70.8 cm³/mol. The van der Waals surface area contributed by atoms with Crippen molar-refractivity contribution in [1.29, 1.82) is 0 Å². The van der Waals surface area contributed by atoms with Crippen LogP contribution in [0.1, 0.15) is 32.2 Å². The van der Waals surface area contributed by atoms with Crippen LogP contribution in [-0.4, -0.2) is 38.3 Å². The van der Waals surface area contributed by atoms with Crippen molar-refractivity contribution in [3.8, 4) is 0 Å². The summed E-state index contributed by atoms with van der Waals surface area (Å²) in [6.07, 6.45) is 0. The molecule has 1 rings (SSSR count). The SMILES string of the molecule is CCn1nc(C)c(Cl)c1CN(CC(=O)O)C(C)C. The Morgan fingerprint density at radius 1 is 1.56 bits per heavy atom. The fourth-order valence-electron chi connectivity index (χ4n) is 1.81. The van der Waals surface area contributed by atoms with E-state index in [1.165, 1.54) is 0 Å². The standard InChI is InChI=1S/C12H20ClN3O2/c1-5-16-10(12(13)9(4)14-16)6-15(8(2)3)7-11(17)18/h8H,5-7H2,1-4H3,(H,17,18). The summed E-state index contributed by atoms with van der Waals surface area (Å²) in [6.45, 7) is 9.01. The van der Waals surface area contributed by atoms with E-state index in [-0.39, 0.29) is 12.6 Å². The normalized spacial score (nSPS) is 11.5. The highest BCUT2D eigenvalue weighted by atomic mass is 35.5. The number of carboxylic acid groups (broad SMARTS) is 1. The number of rotatable bonds is 6. The number of aromatic nitrogens is 2. The first-order chi connectivity index (χ1) is 8.36. The molecular formula is C12H20ClN3O2. The van der Waals surface area contributed by atoms with Crippen molar-refractivity contribution >= 4 is 17.6 Å². The minimum absolute atomic E-state index is 0.00192. The van der Waals surface area contributed by atoms with Crippen molar-refractivity contribution < 1.29 is 9.90 Å². The molecule has 0 fully saturated rings. The number of halogens is 1. The molecule has 1 heterocycles. The molecule has 0 aromatic carbocycles. The number of hydrogen-bond acceptors (Lipinski definition) is 3. The van der Waals surface area contributed by atoms with Crippen LogP contribution in [0.5, 0.6) is 0 Å². The minimum Gasteiger partial charge on any atom is -0.480 e. The molecule has 0 aliphatic rings. The molecule has 0 aliphatic carbocycles. The smallest absolute Gasteiger partial charge is 0.317 e. The molecule has 0 aliphatic heterocycles. The van der Waals surface area contributed by atoms with Crippen molar-refractivity contribution in [2.24, 2.45) is 0 Å². The van der Waals surface area contributed by atoms with Crippen LogP contribution >= 0.6 is 11.6 Å². The van der Waals surface area contributed by atoms with Gasteiger partial charge in [0.05, 0.1) is 23.0 Å². The monoisotopic (exact) mass is 273 g/mol. The zero-order valence-electron chi connectivity index (χ0n) is 11.3. The molecule has 0 saturated carbocycles. The second-order valence-corrected chi connectivity index (χ2v) is 4.93.